The molecule has 4 rings (SSSR count). The highest BCUT2D eigenvalue weighted by atomic mass is 16.5. The number of ether oxygens (including phenoxy) is 2. The first-order valence-electron chi connectivity index (χ1n) is 8.88. The maximum atomic E-state index is 10.7. The number of amidine groups is 1. The molecular weight excluding hydrogens is 356 g/mol. The van der Waals surface area contributed by atoms with Gasteiger partial charge in [0, 0.05) is 13.1 Å². The van der Waals surface area contributed by atoms with E-state index in [4.69, 9.17) is 14.9 Å². The minimum Gasteiger partial charge on any atom is -0.509 e. The number of anilines is 1. The van der Waals surface area contributed by atoms with Crippen molar-refractivity contribution >= 4 is 28.1 Å². The molecule has 0 unspecified atom stereocenters. The van der Waals surface area contributed by atoms with Crippen LogP contribution < -0.4 is 14.4 Å². The number of aliphatic hydroxyl groups excluding tert-OH is 1. The zero-order chi connectivity index (χ0) is 20.0. The first-order valence-corrected chi connectivity index (χ1v) is 8.88. The Morgan fingerprint density at radius 1 is 1.11 bits per heavy atom. The van der Waals surface area contributed by atoms with Crippen LogP contribution in [0.15, 0.2) is 42.2 Å². The molecule has 0 saturated carbocycles. The van der Waals surface area contributed by atoms with Crippen LogP contribution in [-0.2, 0) is 7.05 Å². The van der Waals surface area contributed by atoms with Gasteiger partial charge in [0.05, 0.1) is 43.1 Å². The smallest absolute Gasteiger partial charge is 0.148 e. The lowest BCUT2D eigenvalue weighted by molar-refractivity contribution is 0.393. The lowest BCUT2D eigenvalue weighted by Crippen LogP contribution is -2.27. The van der Waals surface area contributed by atoms with E-state index >= 15 is 0 Å². The van der Waals surface area contributed by atoms with E-state index in [-0.39, 0.29) is 18.1 Å². The van der Waals surface area contributed by atoms with Crippen LogP contribution in [0.3, 0.4) is 0 Å². The first kappa shape index (κ1) is 17.9. The minimum atomic E-state index is 0.109. The van der Waals surface area contributed by atoms with E-state index in [1.54, 1.807) is 31.3 Å². The number of benzene rings is 2. The Labute approximate surface area is 162 Å². The van der Waals surface area contributed by atoms with Crippen molar-refractivity contribution in [3.8, 4) is 11.5 Å². The van der Waals surface area contributed by atoms with Crippen molar-refractivity contribution in [1.29, 1.82) is 5.41 Å². The number of nitrogens with one attached hydrogen (secondary N) is 1. The van der Waals surface area contributed by atoms with E-state index in [0.29, 0.717) is 28.6 Å². The number of aliphatic hydroxyl groups is 1. The van der Waals surface area contributed by atoms with Gasteiger partial charge in [0.2, 0.25) is 0 Å². The maximum Gasteiger partial charge on any atom is 0.148 e. The SMILES string of the molecule is COc1ccc(N2CC(O)=C(c3nc4cc(C)ccc4n3C)C2=N)c(OC)c1. The average Bonchev–Trinajstić information content (AvgIpc) is 3.16. The van der Waals surface area contributed by atoms with Crippen molar-refractivity contribution in [3.05, 3.63) is 53.5 Å². The van der Waals surface area contributed by atoms with Gasteiger partial charge in [-0.2, -0.15) is 0 Å². The summed E-state index contributed by atoms with van der Waals surface area (Å²) in [5.41, 5.74) is 4.01. The summed E-state index contributed by atoms with van der Waals surface area (Å²) >= 11 is 0. The second kappa shape index (κ2) is 6.60. The summed E-state index contributed by atoms with van der Waals surface area (Å²) in [5.74, 6) is 2.08. The highest BCUT2D eigenvalue weighted by Gasteiger charge is 2.33. The molecule has 7 nitrogen and oxygen atoms in total. The molecule has 3 aromatic rings. The van der Waals surface area contributed by atoms with E-state index in [9.17, 15) is 5.11 Å². The predicted octanol–water partition coefficient (Wildman–Crippen LogP) is 3.67. The summed E-state index contributed by atoms with van der Waals surface area (Å²) in [4.78, 5) is 6.38. The third kappa shape index (κ3) is 2.67. The van der Waals surface area contributed by atoms with E-state index in [1.165, 1.54) is 0 Å². The first-order chi connectivity index (χ1) is 13.4. The third-order valence-electron chi connectivity index (χ3n) is 5.04. The molecule has 2 heterocycles. The Morgan fingerprint density at radius 3 is 2.61 bits per heavy atom. The zero-order valence-corrected chi connectivity index (χ0v) is 16.3. The van der Waals surface area contributed by atoms with Crippen molar-refractivity contribution in [3.63, 3.8) is 0 Å². The van der Waals surface area contributed by atoms with Gasteiger partial charge >= 0.3 is 0 Å². The largest absolute Gasteiger partial charge is 0.509 e. The van der Waals surface area contributed by atoms with Crippen LogP contribution in [0.4, 0.5) is 5.69 Å². The van der Waals surface area contributed by atoms with Gasteiger partial charge in [-0.1, -0.05) is 6.07 Å². The van der Waals surface area contributed by atoms with Gasteiger partial charge in [-0.15, -0.1) is 0 Å². The summed E-state index contributed by atoms with van der Waals surface area (Å²) in [7, 11) is 5.05. The summed E-state index contributed by atoms with van der Waals surface area (Å²) in [5, 5.41) is 19.4. The molecule has 1 aliphatic rings. The molecule has 0 amide bonds. The van der Waals surface area contributed by atoms with Crippen molar-refractivity contribution in [2.24, 2.45) is 7.05 Å². The Balaban J connectivity index is 1.77. The van der Waals surface area contributed by atoms with Gasteiger partial charge in [0.25, 0.3) is 0 Å². The fraction of sp³-hybridized carbons (Fsp3) is 0.238. The maximum absolute atomic E-state index is 10.7. The fourth-order valence-electron chi connectivity index (χ4n) is 3.56. The quantitative estimate of drug-likeness (QED) is 0.724. The molecule has 0 radical (unpaired) electrons. The Bertz CT molecular complexity index is 1130. The molecule has 0 fully saturated rings. The Morgan fingerprint density at radius 2 is 1.89 bits per heavy atom. The van der Waals surface area contributed by atoms with Gasteiger partial charge in [-0.25, -0.2) is 4.98 Å². The lowest BCUT2D eigenvalue weighted by atomic mass is 10.2. The molecule has 0 saturated heterocycles. The van der Waals surface area contributed by atoms with Crippen LogP contribution in [0.1, 0.15) is 11.4 Å². The molecule has 0 aliphatic carbocycles. The molecule has 144 valence electrons. The van der Waals surface area contributed by atoms with Crippen molar-refractivity contribution < 1.29 is 14.6 Å². The minimum absolute atomic E-state index is 0.109. The highest BCUT2D eigenvalue weighted by Crippen LogP contribution is 2.38. The van der Waals surface area contributed by atoms with Crippen LogP contribution in [0.25, 0.3) is 16.6 Å². The molecule has 1 aliphatic heterocycles. The van der Waals surface area contributed by atoms with E-state index < -0.39 is 0 Å². The molecule has 0 bridgehead atoms. The van der Waals surface area contributed by atoms with Gasteiger partial charge in [-0.3, -0.25) is 5.41 Å². The Kier molecular flexibility index (Phi) is 4.22. The summed E-state index contributed by atoms with van der Waals surface area (Å²) in [6.07, 6.45) is 0. The molecule has 7 heteroatoms. The third-order valence-corrected chi connectivity index (χ3v) is 5.04. The fourth-order valence-corrected chi connectivity index (χ4v) is 3.56. The number of fused-ring (bicyclic) bond motifs is 1. The predicted molar refractivity (Wildman–Crippen MR) is 110 cm³/mol. The van der Waals surface area contributed by atoms with Crippen LogP contribution in [0.2, 0.25) is 0 Å². The second-order valence-electron chi connectivity index (χ2n) is 6.78. The molecule has 28 heavy (non-hydrogen) atoms. The average molecular weight is 378 g/mol. The highest BCUT2D eigenvalue weighted by molar-refractivity contribution is 6.30. The topological polar surface area (TPSA) is 83.6 Å². The summed E-state index contributed by atoms with van der Waals surface area (Å²) < 4.78 is 12.6. The second-order valence-corrected chi connectivity index (χ2v) is 6.78. The number of rotatable bonds is 4. The monoisotopic (exact) mass is 378 g/mol. The standard InChI is InChI=1S/C21H22N4O3/c1-12-5-7-15-14(9-12)23-21(24(15)2)19-17(26)11-25(20(19)22)16-8-6-13(27-3)10-18(16)28-4/h5-10,22,26H,11H2,1-4H3. The molecular formula is C21H22N4O3. The Hall–Kier alpha value is -3.48. The van der Waals surface area contributed by atoms with E-state index in [2.05, 4.69) is 4.98 Å². The van der Waals surface area contributed by atoms with Gasteiger partial charge in [0.15, 0.2) is 0 Å². The van der Waals surface area contributed by atoms with Crippen LogP contribution in [0, 0.1) is 12.3 Å². The number of hydrogen-bond donors (Lipinski definition) is 2. The van der Waals surface area contributed by atoms with Crippen molar-refractivity contribution in [2.75, 3.05) is 25.7 Å². The van der Waals surface area contributed by atoms with Crippen LogP contribution in [0.5, 0.6) is 11.5 Å². The number of aryl methyl sites for hydroxylation is 2. The molecule has 0 atom stereocenters. The molecule has 0 spiro atoms. The molecule has 2 aromatic carbocycles. The van der Waals surface area contributed by atoms with Crippen LogP contribution in [-0.4, -0.2) is 41.3 Å². The number of methoxy groups -OCH3 is 2. The van der Waals surface area contributed by atoms with Crippen LogP contribution >= 0.6 is 0 Å². The van der Waals surface area contributed by atoms with E-state index in [0.717, 1.165) is 16.6 Å². The number of aromatic nitrogens is 2. The van der Waals surface area contributed by atoms with Gasteiger partial charge in [0.1, 0.15) is 28.9 Å². The normalized spacial score (nSPS) is 14.3. The van der Waals surface area contributed by atoms with Crippen molar-refractivity contribution in [2.45, 2.75) is 6.92 Å². The number of imidazole rings is 1. The summed E-state index contributed by atoms with van der Waals surface area (Å²) in [6.45, 7) is 2.19. The van der Waals surface area contributed by atoms with Gasteiger partial charge < -0.3 is 24.0 Å². The number of hydrogen-bond acceptors (Lipinski definition) is 5. The molecule has 2 N–H and O–H groups in total. The number of nitrogens with zero attached hydrogens (tertiary/aromatic N) is 3. The van der Waals surface area contributed by atoms with E-state index in [1.807, 2.05) is 42.8 Å². The van der Waals surface area contributed by atoms with Gasteiger partial charge in [-0.05, 0) is 36.8 Å². The zero-order valence-electron chi connectivity index (χ0n) is 16.3. The summed E-state index contributed by atoms with van der Waals surface area (Å²) in [6, 6.07) is 11.4. The molecule has 1 aromatic heterocycles. The van der Waals surface area contributed by atoms with Crippen molar-refractivity contribution in [1.82, 2.24) is 9.55 Å². The lowest BCUT2D eigenvalue weighted by Gasteiger charge is -2.21.